The van der Waals surface area contributed by atoms with Crippen LogP contribution in [0.4, 0.5) is 23.8 Å². The normalized spacial score (nSPS) is 13.2. The van der Waals surface area contributed by atoms with Gasteiger partial charge in [-0.15, -0.1) is 0 Å². The van der Waals surface area contributed by atoms with Crippen molar-refractivity contribution in [2.24, 2.45) is 0 Å². The standard InChI is InChI=1S/C25H30F3N5O5/c1-6-36-23(34)17-12-29-33-10-9-20(32-22(17)33)30-14(2)16-11-15(26)7-8-19(16)37-13-18(21(27)28)31-24(35)38-25(3,4)5/h7-12,14,18,21H,6,13H2,1-5H3,(H,30,32)(H,31,35)/t14-,18+/m1/s1. The van der Waals surface area contributed by atoms with E-state index >= 15 is 0 Å². The zero-order valence-electron chi connectivity index (χ0n) is 21.6. The number of alkyl halides is 2. The molecule has 1 aromatic carbocycles. The van der Waals surface area contributed by atoms with Crippen molar-refractivity contribution >= 4 is 23.5 Å². The van der Waals surface area contributed by atoms with Crippen molar-refractivity contribution in [2.45, 2.75) is 58.7 Å². The second-order valence-corrected chi connectivity index (χ2v) is 9.31. The number of esters is 1. The molecule has 10 nitrogen and oxygen atoms in total. The number of ether oxygens (including phenoxy) is 3. The van der Waals surface area contributed by atoms with E-state index in [9.17, 15) is 22.8 Å². The molecule has 13 heteroatoms. The summed E-state index contributed by atoms with van der Waals surface area (Å²) in [6, 6.07) is 2.97. The van der Waals surface area contributed by atoms with Gasteiger partial charge in [0.05, 0.1) is 18.8 Å². The van der Waals surface area contributed by atoms with Crippen LogP contribution in [-0.2, 0) is 9.47 Å². The number of hydrogen-bond acceptors (Lipinski definition) is 8. The molecule has 38 heavy (non-hydrogen) atoms. The summed E-state index contributed by atoms with van der Waals surface area (Å²) in [7, 11) is 0. The van der Waals surface area contributed by atoms with E-state index in [1.165, 1.54) is 22.8 Å². The van der Waals surface area contributed by atoms with Crippen LogP contribution in [0.3, 0.4) is 0 Å². The quantitative estimate of drug-likeness (QED) is 0.356. The van der Waals surface area contributed by atoms with Gasteiger partial charge in [0.15, 0.2) is 5.65 Å². The minimum absolute atomic E-state index is 0.126. The molecule has 0 bridgehead atoms. The molecule has 0 radical (unpaired) electrons. The maximum atomic E-state index is 14.1. The van der Waals surface area contributed by atoms with Gasteiger partial charge in [0, 0.05) is 11.8 Å². The molecule has 0 aliphatic carbocycles. The Kier molecular flexibility index (Phi) is 9.02. The number of fused-ring (bicyclic) bond motifs is 1. The Balaban J connectivity index is 1.77. The number of halogens is 3. The Labute approximate surface area is 217 Å². The van der Waals surface area contributed by atoms with Gasteiger partial charge >= 0.3 is 12.1 Å². The lowest BCUT2D eigenvalue weighted by Crippen LogP contribution is -2.46. The Morgan fingerprint density at radius 2 is 1.92 bits per heavy atom. The fourth-order valence-corrected chi connectivity index (χ4v) is 3.41. The van der Waals surface area contributed by atoms with Crippen molar-refractivity contribution in [1.82, 2.24) is 19.9 Å². The molecule has 3 aromatic rings. The number of rotatable bonds is 10. The van der Waals surface area contributed by atoms with Crippen molar-refractivity contribution in [3.8, 4) is 5.75 Å². The molecular formula is C25H30F3N5O5. The Hall–Kier alpha value is -4.03. The van der Waals surface area contributed by atoms with Crippen LogP contribution in [-0.4, -0.2) is 57.9 Å². The third-order valence-electron chi connectivity index (χ3n) is 5.09. The summed E-state index contributed by atoms with van der Waals surface area (Å²) >= 11 is 0. The number of hydrogen-bond donors (Lipinski definition) is 2. The summed E-state index contributed by atoms with van der Waals surface area (Å²) in [5.74, 6) is -0.680. The Bertz CT molecular complexity index is 1280. The number of carbonyl (C=O) groups excluding carboxylic acids is 2. The summed E-state index contributed by atoms with van der Waals surface area (Å²) in [6.45, 7) is 7.80. The molecule has 0 spiro atoms. The zero-order valence-corrected chi connectivity index (χ0v) is 21.6. The highest BCUT2D eigenvalue weighted by molar-refractivity contribution is 5.95. The molecule has 2 heterocycles. The average Bonchev–Trinajstić information content (AvgIpc) is 3.24. The second-order valence-electron chi connectivity index (χ2n) is 9.31. The van der Waals surface area contributed by atoms with Crippen molar-refractivity contribution in [3.63, 3.8) is 0 Å². The van der Waals surface area contributed by atoms with E-state index < -0.39 is 48.6 Å². The maximum absolute atomic E-state index is 14.1. The molecule has 3 rings (SSSR count). The molecule has 2 N–H and O–H groups in total. The van der Waals surface area contributed by atoms with Crippen LogP contribution in [0.1, 0.15) is 56.6 Å². The first kappa shape index (κ1) is 28.5. The van der Waals surface area contributed by atoms with E-state index in [2.05, 4.69) is 20.7 Å². The zero-order chi connectivity index (χ0) is 28.0. The number of nitrogens with one attached hydrogen (secondary N) is 2. The van der Waals surface area contributed by atoms with Crippen molar-refractivity contribution in [2.75, 3.05) is 18.5 Å². The van der Waals surface area contributed by atoms with E-state index in [-0.39, 0.29) is 23.6 Å². The fourth-order valence-electron chi connectivity index (χ4n) is 3.41. The molecular weight excluding hydrogens is 507 g/mol. The largest absolute Gasteiger partial charge is 0.491 e. The molecule has 2 aromatic heterocycles. The first-order valence-electron chi connectivity index (χ1n) is 11.9. The highest BCUT2D eigenvalue weighted by atomic mass is 19.3. The minimum Gasteiger partial charge on any atom is -0.491 e. The Morgan fingerprint density at radius 3 is 2.58 bits per heavy atom. The molecule has 0 aliphatic heterocycles. The lowest BCUT2D eigenvalue weighted by Gasteiger charge is -2.24. The smallest absolute Gasteiger partial charge is 0.408 e. The molecule has 0 saturated carbocycles. The third kappa shape index (κ3) is 7.49. The van der Waals surface area contributed by atoms with E-state index in [0.717, 1.165) is 6.07 Å². The summed E-state index contributed by atoms with van der Waals surface area (Å²) in [5, 5.41) is 9.26. The van der Waals surface area contributed by atoms with Crippen LogP contribution >= 0.6 is 0 Å². The number of aromatic nitrogens is 3. The molecule has 0 fully saturated rings. The minimum atomic E-state index is -2.94. The lowest BCUT2D eigenvalue weighted by molar-refractivity contribution is 0.0299. The van der Waals surface area contributed by atoms with E-state index in [1.807, 2.05) is 0 Å². The molecule has 2 atom stereocenters. The summed E-state index contributed by atoms with van der Waals surface area (Å²) < 4.78 is 58.3. The van der Waals surface area contributed by atoms with Gasteiger partial charge in [-0.05, 0) is 58.9 Å². The van der Waals surface area contributed by atoms with Gasteiger partial charge in [-0.3, -0.25) is 0 Å². The van der Waals surface area contributed by atoms with Crippen LogP contribution in [0.15, 0.2) is 36.7 Å². The number of amides is 1. The van der Waals surface area contributed by atoms with Gasteiger partial charge in [-0.25, -0.2) is 32.3 Å². The SMILES string of the molecule is CCOC(=O)c1cnn2ccc(N[C@H](C)c3cc(F)ccc3OC[C@H](NC(=O)OC(C)(C)C)C(F)F)nc12. The number of nitrogens with zero attached hydrogens (tertiary/aromatic N) is 3. The third-order valence-corrected chi connectivity index (χ3v) is 5.09. The molecule has 0 unspecified atom stereocenters. The topological polar surface area (TPSA) is 116 Å². The van der Waals surface area contributed by atoms with Crippen molar-refractivity contribution in [3.05, 3.63) is 53.6 Å². The van der Waals surface area contributed by atoms with Crippen molar-refractivity contribution in [1.29, 1.82) is 0 Å². The van der Waals surface area contributed by atoms with Gasteiger partial charge < -0.3 is 24.8 Å². The predicted octanol–water partition coefficient (Wildman–Crippen LogP) is 4.76. The van der Waals surface area contributed by atoms with E-state index in [4.69, 9.17) is 14.2 Å². The summed E-state index contributed by atoms with van der Waals surface area (Å²) in [5.41, 5.74) is -0.123. The average molecular weight is 538 g/mol. The number of benzene rings is 1. The number of anilines is 1. The first-order chi connectivity index (χ1) is 17.9. The molecule has 0 aliphatic rings. The van der Waals surface area contributed by atoms with Gasteiger partial charge in [0.1, 0.15) is 41.2 Å². The summed E-state index contributed by atoms with van der Waals surface area (Å²) in [6.07, 6.45) is -1.03. The van der Waals surface area contributed by atoms with Crippen molar-refractivity contribution < 1.29 is 37.0 Å². The maximum Gasteiger partial charge on any atom is 0.408 e. The van der Waals surface area contributed by atoms with Crippen LogP contribution in [0.5, 0.6) is 5.75 Å². The summed E-state index contributed by atoms with van der Waals surface area (Å²) in [4.78, 5) is 28.6. The van der Waals surface area contributed by atoms with Gasteiger partial charge in [-0.1, -0.05) is 0 Å². The fraction of sp³-hybridized carbons (Fsp3) is 0.440. The second kappa shape index (κ2) is 12.0. The number of carbonyl (C=O) groups is 2. The van der Waals surface area contributed by atoms with Crippen LogP contribution in [0.2, 0.25) is 0 Å². The monoisotopic (exact) mass is 537 g/mol. The van der Waals surface area contributed by atoms with E-state index in [0.29, 0.717) is 11.4 Å². The lowest BCUT2D eigenvalue weighted by atomic mass is 10.1. The van der Waals surface area contributed by atoms with E-state index in [1.54, 1.807) is 46.9 Å². The first-order valence-corrected chi connectivity index (χ1v) is 11.9. The highest BCUT2D eigenvalue weighted by Gasteiger charge is 2.27. The van der Waals surface area contributed by atoms with Crippen LogP contribution in [0, 0.1) is 5.82 Å². The van der Waals surface area contributed by atoms with Gasteiger partial charge in [0.25, 0.3) is 6.43 Å². The molecule has 0 saturated heterocycles. The van der Waals surface area contributed by atoms with Crippen LogP contribution < -0.4 is 15.4 Å². The Morgan fingerprint density at radius 1 is 1.18 bits per heavy atom. The van der Waals surface area contributed by atoms with Gasteiger partial charge in [-0.2, -0.15) is 5.10 Å². The predicted molar refractivity (Wildman–Crippen MR) is 132 cm³/mol. The van der Waals surface area contributed by atoms with Gasteiger partial charge in [0.2, 0.25) is 0 Å². The molecule has 1 amide bonds. The molecule has 206 valence electrons. The number of alkyl carbamates (subject to hydrolysis) is 1. The van der Waals surface area contributed by atoms with Crippen LogP contribution in [0.25, 0.3) is 5.65 Å². The highest BCUT2D eigenvalue weighted by Crippen LogP contribution is 2.29.